The molecule has 4 aromatic rings. The Balaban J connectivity index is 0.000000337. The molecule has 0 radical (unpaired) electrons. The third kappa shape index (κ3) is 16.8. The summed E-state index contributed by atoms with van der Waals surface area (Å²) in [5.74, 6) is -0.365. The van der Waals surface area contributed by atoms with Crippen molar-refractivity contribution in [2.75, 3.05) is 24.9 Å². The summed E-state index contributed by atoms with van der Waals surface area (Å²) in [6.45, 7) is 1.49. The zero-order valence-electron chi connectivity index (χ0n) is 24.1. The summed E-state index contributed by atoms with van der Waals surface area (Å²) in [7, 11) is 2.82. The number of halogens is 1. The minimum absolute atomic E-state index is 0. The van der Waals surface area contributed by atoms with Gasteiger partial charge >= 0.3 is 11.9 Å². The van der Waals surface area contributed by atoms with Gasteiger partial charge in [-0.05, 0) is 95.1 Å². The third-order valence-electron chi connectivity index (χ3n) is 5.71. The average molecular weight is 697 g/mol. The average Bonchev–Trinajstić information content (AvgIpc) is 3.01. The molecule has 0 atom stereocenters. The van der Waals surface area contributed by atoms with E-state index in [1.54, 1.807) is 0 Å². The van der Waals surface area contributed by atoms with Gasteiger partial charge in [-0.2, -0.15) is 0 Å². The maximum Gasteiger partial charge on any atom is 0.305 e. The number of hydrogen-bond acceptors (Lipinski definition) is 6. The van der Waals surface area contributed by atoms with Crippen molar-refractivity contribution in [3.05, 3.63) is 124 Å². The first kappa shape index (κ1) is 36.8. The van der Waals surface area contributed by atoms with Gasteiger partial charge in [0.15, 0.2) is 0 Å². The highest BCUT2D eigenvalue weighted by atomic mass is 127. The third-order valence-corrected chi connectivity index (χ3v) is 6.43. The normalized spacial score (nSPS) is 9.40. The van der Waals surface area contributed by atoms with Crippen molar-refractivity contribution in [1.82, 2.24) is 0 Å². The smallest absolute Gasteiger partial charge is 0.305 e. The molecule has 0 fully saturated rings. The summed E-state index contributed by atoms with van der Waals surface area (Å²) in [4.78, 5) is 32.4. The Morgan fingerprint density at radius 2 is 1.00 bits per heavy atom. The fraction of sp³-hybridized carbons (Fsp3) is 0.229. The van der Waals surface area contributed by atoms with Crippen molar-refractivity contribution in [1.29, 1.82) is 0 Å². The number of anilines is 3. The molecule has 0 aliphatic rings. The number of rotatable bonds is 9. The summed E-state index contributed by atoms with van der Waals surface area (Å²) >= 11 is 2.25. The van der Waals surface area contributed by atoms with Crippen LogP contribution in [-0.2, 0) is 36.7 Å². The summed E-state index contributed by atoms with van der Waals surface area (Å²) in [6, 6.07) is 35.6. The van der Waals surface area contributed by atoms with E-state index in [-0.39, 0.29) is 25.3 Å². The lowest BCUT2D eigenvalue weighted by Crippen LogP contribution is -2.04. The van der Waals surface area contributed by atoms with Gasteiger partial charge in [-0.3, -0.25) is 14.4 Å². The maximum absolute atomic E-state index is 11.1. The monoisotopic (exact) mass is 696 g/mol. The van der Waals surface area contributed by atoms with E-state index in [1.807, 2.05) is 109 Å². The summed E-state index contributed by atoms with van der Waals surface area (Å²) in [5.41, 5.74) is 5.24. The van der Waals surface area contributed by atoms with Crippen molar-refractivity contribution >= 4 is 57.5 Å². The highest BCUT2D eigenvalue weighted by molar-refractivity contribution is 14.1. The number of aryl methyl sites for hydroxylation is 2. The summed E-state index contributed by atoms with van der Waals surface area (Å²) in [6.07, 6.45) is 2.33. The molecule has 8 heteroatoms. The number of hydrogen-bond donors (Lipinski definition) is 2. The van der Waals surface area contributed by atoms with Gasteiger partial charge in [0.1, 0.15) is 0 Å². The Morgan fingerprint density at radius 1 is 0.605 bits per heavy atom. The first-order valence-corrected chi connectivity index (χ1v) is 14.5. The standard InChI is InChI=1S/C16H17NO2.C10H11IO2.C8H9NO.CH4/c1-19-16(18)12-9-13-7-10-15(11-8-13)17-14-5-3-2-4-6-14;1-13-10(12)7-4-8-2-5-9(11)6-3-8;1-7(10)9-8-5-3-2-4-6-8;/h2-8,10-11,17H,9,12H2,1H3;2-3,5-6H,4,7H2,1H3;2-6H,1H3,(H,9,10);1H4. The predicted octanol–water partition coefficient (Wildman–Crippen LogP) is 8.21. The number of esters is 2. The topological polar surface area (TPSA) is 93.7 Å². The Labute approximate surface area is 269 Å². The Kier molecular flexibility index (Phi) is 18.4. The van der Waals surface area contributed by atoms with Crippen molar-refractivity contribution in [3.8, 4) is 0 Å². The molecule has 0 aliphatic carbocycles. The second-order valence-corrected chi connectivity index (χ2v) is 10.3. The molecule has 228 valence electrons. The minimum Gasteiger partial charge on any atom is -0.469 e. The number of benzene rings is 4. The quantitative estimate of drug-likeness (QED) is 0.135. The summed E-state index contributed by atoms with van der Waals surface area (Å²) in [5, 5.41) is 5.98. The minimum atomic E-state index is -0.175. The Morgan fingerprint density at radius 3 is 1.42 bits per heavy atom. The highest BCUT2D eigenvalue weighted by Crippen LogP contribution is 2.17. The number of methoxy groups -OCH3 is 2. The predicted molar refractivity (Wildman–Crippen MR) is 183 cm³/mol. The maximum atomic E-state index is 11.1. The van der Waals surface area contributed by atoms with Crippen LogP contribution in [-0.4, -0.2) is 32.1 Å². The van der Waals surface area contributed by atoms with Crippen LogP contribution in [0.2, 0.25) is 0 Å². The highest BCUT2D eigenvalue weighted by Gasteiger charge is 2.02. The van der Waals surface area contributed by atoms with E-state index in [2.05, 4.69) is 42.7 Å². The van der Waals surface area contributed by atoms with Gasteiger partial charge in [-0.15, -0.1) is 0 Å². The van der Waals surface area contributed by atoms with E-state index in [0.717, 1.165) is 29.0 Å². The van der Waals surface area contributed by atoms with Crippen LogP contribution in [0, 0.1) is 3.57 Å². The van der Waals surface area contributed by atoms with Gasteiger partial charge in [0.2, 0.25) is 5.91 Å². The molecule has 0 unspecified atom stereocenters. The molecule has 0 saturated heterocycles. The van der Waals surface area contributed by atoms with Crippen LogP contribution in [0.5, 0.6) is 0 Å². The molecule has 0 spiro atoms. The molecule has 0 saturated carbocycles. The lowest BCUT2D eigenvalue weighted by Gasteiger charge is -2.07. The number of carbonyl (C=O) groups excluding carboxylic acids is 3. The largest absolute Gasteiger partial charge is 0.469 e. The Bertz CT molecular complexity index is 1350. The molecule has 1 amide bonds. The molecule has 0 heterocycles. The summed E-state index contributed by atoms with van der Waals surface area (Å²) < 4.78 is 10.4. The number of para-hydroxylation sites is 2. The van der Waals surface area contributed by atoms with E-state index in [0.29, 0.717) is 19.3 Å². The van der Waals surface area contributed by atoms with Crippen molar-refractivity contribution in [3.63, 3.8) is 0 Å². The SMILES string of the molecule is C.CC(=O)Nc1ccccc1.COC(=O)CCc1ccc(I)cc1.COC(=O)CCc1ccc(Nc2ccccc2)cc1. The van der Waals surface area contributed by atoms with Crippen molar-refractivity contribution in [2.24, 2.45) is 0 Å². The molecule has 0 bridgehead atoms. The van der Waals surface area contributed by atoms with Gasteiger partial charge in [-0.1, -0.05) is 68.1 Å². The van der Waals surface area contributed by atoms with Crippen LogP contribution in [0.4, 0.5) is 17.1 Å². The second-order valence-electron chi connectivity index (χ2n) is 9.01. The van der Waals surface area contributed by atoms with E-state index < -0.39 is 0 Å². The van der Waals surface area contributed by atoms with E-state index in [9.17, 15) is 14.4 Å². The molecule has 7 nitrogen and oxygen atoms in total. The second kappa shape index (κ2) is 21.5. The number of amides is 1. The van der Waals surface area contributed by atoms with Gasteiger partial charge < -0.3 is 20.1 Å². The molecule has 4 aromatic carbocycles. The van der Waals surface area contributed by atoms with E-state index in [1.165, 1.54) is 30.3 Å². The van der Waals surface area contributed by atoms with Gasteiger partial charge in [-0.25, -0.2) is 0 Å². The van der Waals surface area contributed by atoms with E-state index in [4.69, 9.17) is 0 Å². The van der Waals surface area contributed by atoms with Crippen LogP contribution >= 0.6 is 22.6 Å². The van der Waals surface area contributed by atoms with Crippen LogP contribution < -0.4 is 10.6 Å². The molecule has 0 aliphatic heterocycles. The molecule has 2 N–H and O–H groups in total. The fourth-order valence-electron chi connectivity index (χ4n) is 3.52. The lowest BCUT2D eigenvalue weighted by atomic mass is 10.1. The zero-order chi connectivity index (χ0) is 30.6. The number of ether oxygens (including phenoxy) is 2. The van der Waals surface area contributed by atoms with Gasteiger partial charge in [0, 0.05) is 40.4 Å². The number of carbonyl (C=O) groups is 3. The number of nitrogens with one attached hydrogen (secondary N) is 2. The van der Waals surface area contributed by atoms with E-state index >= 15 is 0 Å². The van der Waals surface area contributed by atoms with Gasteiger partial charge in [0.05, 0.1) is 14.2 Å². The lowest BCUT2D eigenvalue weighted by molar-refractivity contribution is -0.141. The van der Waals surface area contributed by atoms with Crippen LogP contribution in [0.3, 0.4) is 0 Å². The molecule has 4 rings (SSSR count). The fourth-order valence-corrected chi connectivity index (χ4v) is 3.88. The van der Waals surface area contributed by atoms with Crippen LogP contribution in [0.1, 0.15) is 38.3 Å². The first-order valence-electron chi connectivity index (χ1n) is 13.4. The van der Waals surface area contributed by atoms with Crippen LogP contribution in [0.15, 0.2) is 109 Å². The van der Waals surface area contributed by atoms with Crippen molar-refractivity contribution < 1.29 is 23.9 Å². The molecule has 0 aromatic heterocycles. The molecule has 43 heavy (non-hydrogen) atoms. The van der Waals surface area contributed by atoms with Crippen molar-refractivity contribution in [2.45, 2.75) is 40.0 Å². The van der Waals surface area contributed by atoms with Gasteiger partial charge in [0.25, 0.3) is 0 Å². The molecular weight excluding hydrogens is 655 g/mol. The first-order chi connectivity index (χ1) is 20.3. The Hall–Kier alpha value is -4.18. The van der Waals surface area contributed by atoms with Crippen LogP contribution in [0.25, 0.3) is 0 Å². The zero-order valence-corrected chi connectivity index (χ0v) is 26.3. The molecular formula is C35H41IN2O5.